The topological polar surface area (TPSA) is 55.4 Å². The number of nitrogens with one attached hydrogen (secondary N) is 1. The Morgan fingerprint density at radius 1 is 0.931 bits per heavy atom. The molecule has 0 spiro atoms. The van der Waals surface area contributed by atoms with Gasteiger partial charge >= 0.3 is 12.4 Å². The van der Waals surface area contributed by atoms with Crippen LogP contribution in [0.3, 0.4) is 0 Å². The van der Waals surface area contributed by atoms with Gasteiger partial charge in [-0.1, -0.05) is 12.1 Å². The molecule has 2 aromatic rings. The highest BCUT2D eigenvalue weighted by Gasteiger charge is 2.37. The van der Waals surface area contributed by atoms with Gasteiger partial charge in [0, 0.05) is 11.3 Å². The van der Waals surface area contributed by atoms with Gasteiger partial charge in [-0.05, 0) is 44.2 Å². The lowest BCUT2D eigenvalue weighted by Crippen LogP contribution is -2.30. The van der Waals surface area contributed by atoms with Crippen LogP contribution in [0.2, 0.25) is 0 Å². The number of halogens is 6. The molecule has 4 nitrogen and oxygen atoms in total. The minimum atomic E-state index is -5.03. The first-order chi connectivity index (χ1) is 13.3. The second-order valence-electron chi connectivity index (χ2n) is 6.13. The number of ketones is 1. The highest BCUT2D eigenvalue weighted by Crippen LogP contribution is 2.38. The van der Waals surface area contributed by atoms with E-state index in [2.05, 4.69) is 5.32 Å². The summed E-state index contributed by atoms with van der Waals surface area (Å²) in [5.74, 6) is -1.84. The lowest BCUT2D eigenvalue weighted by atomic mass is 10.1. The van der Waals surface area contributed by atoms with Crippen LogP contribution in [-0.4, -0.2) is 17.8 Å². The Labute approximate surface area is 161 Å². The molecule has 0 aromatic heterocycles. The summed E-state index contributed by atoms with van der Waals surface area (Å²) in [7, 11) is 0. The van der Waals surface area contributed by atoms with Gasteiger partial charge in [-0.2, -0.15) is 26.3 Å². The van der Waals surface area contributed by atoms with Crippen LogP contribution in [0.5, 0.6) is 5.75 Å². The van der Waals surface area contributed by atoms with E-state index in [9.17, 15) is 35.9 Å². The van der Waals surface area contributed by atoms with Crippen molar-refractivity contribution >= 4 is 17.4 Å². The van der Waals surface area contributed by atoms with E-state index in [1.165, 1.54) is 31.2 Å². The summed E-state index contributed by atoms with van der Waals surface area (Å²) in [6.07, 6.45) is -11.5. The minimum absolute atomic E-state index is 0.0369. The molecular formula is C19H15F6NO3. The summed E-state index contributed by atoms with van der Waals surface area (Å²) in [5, 5.41) is 2.39. The summed E-state index contributed by atoms with van der Waals surface area (Å²) in [6.45, 7) is 2.48. The number of Topliss-reactive ketones (excluding diaryl/α,β-unsaturated/α-hetero) is 1. The summed E-state index contributed by atoms with van der Waals surface area (Å²) < 4.78 is 82.4. The van der Waals surface area contributed by atoms with Crippen LogP contribution in [-0.2, 0) is 17.1 Å². The van der Waals surface area contributed by atoms with E-state index in [4.69, 9.17) is 4.74 Å². The maximum absolute atomic E-state index is 12.9. The zero-order chi connectivity index (χ0) is 22.0. The third-order valence-corrected chi connectivity index (χ3v) is 3.78. The molecule has 1 atom stereocenters. The van der Waals surface area contributed by atoms with Crippen LogP contribution in [0.15, 0.2) is 42.5 Å². The first-order valence-electron chi connectivity index (χ1n) is 8.15. The van der Waals surface area contributed by atoms with Gasteiger partial charge in [-0.25, -0.2) is 0 Å². The second kappa shape index (κ2) is 8.14. The van der Waals surface area contributed by atoms with Crippen LogP contribution >= 0.6 is 0 Å². The molecule has 1 amide bonds. The molecule has 156 valence electrons. The first kappa shape index (κ1) is 22.3. The zero-order valence-electron chi connectivity index (χ0n) is 15.1. The SMILES string of the molecule is CC(=O)c1cccc(NC(=O)C(C)Oc2cc(C(F)(F)F)cc(C(F)(F)F)c2)c1. The van der Waals surface area contributed by atoms with Gasteiger partial charge in [-0.3, -0.25) is 9.59 Å². The maximum atomic E-state index is 12.9. The van der Waals surface area contributed by atoms with Crippen LogP contribution in [0.4, 0.5) is 32.0 Å². The molecule has 0 saturated heterocycles. The number of alkyl halides is 6. The molecule has 0 aliphatic heterocycles. The second-order valence-corrected chi connectivity index (χ2v) is 6.13. The van der Waals surface area contributed by atoms with Crippen molar-refractivity contribution in [2.24, 2.45) is 0 Å². The average molecular weight is 419 g/mol. The van der Waals surface area contributed by atoms with Gasteiger partial charge in [0.1, 0.15) is 5.75 Å². The smallest absolute Gasteiger partial charge is 0.416 e. The van der Waals surface area contributed by atoms with Crippen molar-refractivity contribution in [3.63, 3.8) is 0 Å². The number of rotatable bonds is 5. The number of carbonyl (C=O) groups is 2. The van der Waals surface area contributed by atoms with Crippen molar-refractivity contribution in [1.29, 1.82) is 0 Å². The molecule has 10 heteroatoms. The first-order valence-corrected chi connectivity index (χ1v) is 8.15. The van der Waals surface area contributed by atoms with Gasteiger partial charge < -0.3 is 10.1 Å². The van der Waals surface area contributed by atoms with Crippen molar-refractivity contribution in [2.75, 3.05) is 5.32 Å². The van der Waals surface area contributed by atoms with E-state index in [0.29, 0.717) is 17.7 Å². The molecule has 2 aromatic carbocycles. The van der Waals surface area contributed by atoms with Crippen LogP contribution in [0.25, 0.3) is 0 Å². The third-order valence-electron chi connectivity index (χ3n) is 3.78. The standard InChI is InChI=1S/C19H15F6NO3/c1-10(27)12-4-3-5-15(6-12)26-17(28)11(2)29-16-8-13(18(20,21)22)7-14(9-16)19(23,24)25/h3-9,11H,1-2H3,(H,26,28). The van der Waals surface area contributed by atoms with Crippen LogP contribution < -0.4 is 10.1 Å². The number of ether oxygens (including phenoxy) is 1. The van der Waals surface area contributed by atoms with Crippen LogP contribution in [0, 0.1) is 0 Å². The molecule has 1 N–H and O–H groups in total. The molecular weight excluding hydrogens is 404 g/mol. The van der Waals surface area contributed by atoms with E-state index in [-0.39, 0.29) is 17.5 Å². The van der Waals surface area contributed by atoms with E-state index >= 15 is 0 Å². The predicted molar refractivity (Wildman–Crippen MR) is 91.6 cm³/mol. The van der Waals surface area contributed by atoms with E-state index < -0.39 is 41.2 Å². The summed E-state index contributed by atoms with van der Waals surface area (Å²) in [5.41, 5.74) is -2.57. The number of anilines is 1. The van der Waals surface area contributed by atoms with Crippen LogP contribution in [0.1, 0.15) is 35.3 Å². The number of carbonyl (C=O) groups excluding carboxylic acids is 2. The Bertz CT molecular complexity index is 889. The van der Waals surface area contributed by atoms with Crippen molar-refractivity contribution in [3.05, 3.63) is 59.2 Å². The van der Waals surface area contributed by atoms with E-state index in [0.717, 1.165) is 6.92 Å². The minimum Gasteiger partial charge on any atom is -0.481 e. The highest BCUT2D eigenvalue weighted by molar-refractivity contribution is 5.98. The maximum Gasteiger partial charge on any atom is 0.416 e. The number of hydrogen-bond donors (Lipinski definition) is 1. The van der Waals surface area contributed by atoms with Gasteiger partial charge in [0.05, 0.1) is 11.1 Å². The predicted octanol–water partition coefficient (Wildman–Crippen LogP) is 5.33. The lowest BCUT2D eigenvalue weighted by Gasteiger charge is -2.18. The Hall–Kier alpha value is -3.04. The fourth-order valence-corrected chi connectivity index (χ4v) is 2.31. The normalized spacial score (nSPS) is 13.0. The number of benzene rings is 2. The fraction of sp³-hybridized carbons (Fsp3) is 0.263. The van der Waals surface area contributed by atoms with E-state index in [1.54, 1.807) is 0 Å². The molecule has 0 aliphatic rings. The monoisotopic (exact) mass is 419 g/mol. The number of hydrogen-bond acceptors (Lipinski definition) is 3. The Balaban J connectivity index is 2.23. The molecule has 1 unspecified atom stereocenters. The van der Waals surface area contributed by atoms with Gasteiger partial charge in [0.2, 0.25) is 0 Å². The third kappa shape index (κ3) is 5.97. The van der Waals surface area contributed by atoms with Crippen molar-refractivity contribution in [1.82, 2.24) is 0 Å². The molecule has 29 heavy (non-hydrogen) atoms. The van der Waals surface area contributed by atoms with Gasteiger partial charge in [-0.15, -0.1) is 0 Å². The van der Waals surface area contributed by atoms with E-state index in [1.807, 2.05) is 0 Å². The Morgan fingerprint density at radius 3 is 1.97 bits per heavy atom. The Morgan fingerprint density at radius 2 is 1.48 bits per heavy atom. The zero-order valence-corrected chi connectivity index (χ0v) is 15.1. The molecule has 0 heterocycles. The highest BCUT2D eigenvalue weighted by atomic mass is 19.4. The molecule has 2 rings (SSSR count). The lowest BCUT2D eigenvalue weighted by molar-refractivity contribution is -0.143. The molecule has 0 fully saturated rings. The average Bonchev–Trinajstić information content (AvgIpc) is 2.60. The molecule has 0 aliphatic carbocycles. The molecule has 0 saturated carbocycles. The summed E-state index contributed by atoms with van der Waals surface area (Å²) >= 11 is 0. The van der Waals surface area contributed by atoms with Crippen molar-refractivity contribution in [2.45, 2.75) is 32.3 Å². The van der Waals surface area contributed by atoms with Crippen molar-refractivity contribution < 1.29 is 40.7 Å². The summed E-state index contributed by atoms with van der Waals surface area (Å²) in [6, 6.07) is 6.58. The summed E-state index contributed by atoms with van der Waals surface area (Å²) in [4.78, 5) is 23.6. The number of amides is 1. The molecule has 0 bridgehead atoms. The fourth-order valence-electron chi connectivity index (χ4n) is 2.31. The quantitative estimate of drug-likeness (QED) is 0.526. The van der Waals surface area contributed by atoms with Crippen molar-refractivity contribution in [3.8, 4) is 5.75 Å². The van der Waals surface area contributed by atoms with Gasteiger partial charge in [0.15, 0.2) is 11.9 Å². The Kier molecular flexibility index (Phi) is 6.24. The molecule has 0 radical (unpaired) electrons. The largest absolute Gasteiger partial charge is 0.481 e. The van der Waals surface area contributed by atoms with Gasteiger partial charge in [0.25, 0.3) is 5.91 Å².